The molecule has 0 heterocycles. The molecule has 0 atom stereocenters. The number of carbonyl (C=O) groups is 2. The van der Waals surface area contributed by atoms with Crippen LogP contribution in [0.2, 0.25) is 0 Å². The number of aromatic hydroxyl groups is 1. The first-order chi connectivity index (χ1) is 8.43. The average molecular weight is 246 g/mol. The van der Waals surface area contributed by atoms with Gasteiger partial charge in [-0.15, -0.1) is 0 Å². The highest BCUT2D eigenvalue weighted by Gasteiger charge is 2.19. The zero-order valence-electron chi connectivity index (χ0n) is 9.47. The summed E-state index contributed by atoms with van der Waals surface area (Å²) in [6.45, 7) is 1.56. The molecule has 0 aliphatic heterocycles. The predicted molar refractivity (Wildman–Crippen MR) is 64.3 cm³/mol. The van der Waals surface area contributed by atoms with E-state index in [-0.39, 0.29) is 27.6 Å². The third-order valence-corrected chi connectivity index (χ3v) is 2.78. The topological polar surface area (TPSA) is 94.8 Å². The Kier molecular flexibility index (Phi) is 2.67. The standard InChI is InChI=1S/C13H10O5/c1-6-5-9(13(17)18)10-7(11(6)14)3-2-4-8(10)12(15)16/h2-5,14H,1H3,(H,15,16)(H,17,18). The van der Waals surface area contributed by atoms with Gasteiger partial charge in [-0.05, 0) is 24.6 Å². The van der Waals surface area contributed by atoms with E-state index < -0.39 is 11.9 Å². The zero-order chi connectivity index (χ0) is 13.4. The lowest BCUT2D eigenvalue weighted by molar-refractivity contribution is 0.0695. The van der Waals surface area contributed by atoms with Gasteiger partial charge in [0.2, 0.25) is 0 Å². The number of hydrogen-bond donors (Lipinski definition) is 3. The van der Waals surface area contributed by atoms with Crippen LogP contribution in [0.3, 0.4) is 0 Å². The largest absolute Gasteiger partial charge is 0.507 e. The van der Waals surface area contributed by atoms with Crippen LogP contribution >= 0.6 is 0 Å². The molecule has 0 saturated heterocycles. The minimum absolute atomic E-state index is 0.0422. The maximum absolute atomic E-state index is 11.2. The molecular weight excluding hydrogens is 236 g/mol. The van der Waals surface area contributed by atoms with E-state index in [0.29, 0.717) is 5.56 Å². The van der Waals surface area contributed by atoms with Crippen molar-refractivity contribution in [3.05, 3.63) is 41.0 Å². The molecule has 0 radical (unpaired) electrons. The van der Waals surface area contributed by atoms with Crippen molar-refractivity contribution >= 4 is 22.7 Å². The van der Waals surface area contributed by atoms with Crippen LogP contribution in [0.25, 0.3) is 10.8 Å². The summed E-state index contributed by atoms with van der Waals surface area (Å²) >= 11 is 0. The molecule has 0 aliphatic carbocycles. The number of aryl methyl sites for hydroxylation is 1. The van der Waals surface area contributed by atoms with Gasteiger partial charge in [-0.2, -0.15) is 0 Å². The van der Waals surface area contributed by atoms with E-state index >= 15 is 0 Å². The molecule has 92 valence electrons. The number of benzene rings is 2. The van der Waals surface area contributed by atoms with Crippen LogP contribution in [0.15, 0.2) is 24.3 Å². The highest BCUT2D eigenvalue weighted by Crippen LogP contribution is 2.33. The van der Waals surface area contributed by atoms with Crippen LogP contribution in [0, 0.1) is 6.92 Å². The van der Waals surface area contributed by atoms with Gasteiger partial charge in [0.25, 0.3) is 0 Å². The van der Waals surface area contributed by atoms with Crippen LogP contribution in [-0.2, 0) is 0 Å². The molecule has 0 aromatic heterocycles. The molecule has 2 aromatic carbocycles. The molecular formula is C13H10O5. The molecule has 0 unspecified atom stereocenters. The van der Waals surface area contributed by atoms with Gasteiger partial charge in [0.1, 0.15) is 5.75 Å². The Morgan fingerprint density at radius 3 is 2.22 bits per heavy atom. The lowest BCUT2D eigenvalue weighted by Crippen LogP contribution is -2.04. The normalized spacial score (nSPS) is 10.5. The SMILES string of the molecule is Cc1cc(C(=O)O)c2c(C(=O)O)cccc2c1O. The van der Waals surface area contributed by atoms with Crippen molar-refractivity contribution in [3.63, 3.8) is 0 Å². The Bertz CT molecular complexity index is 673. The monoisotopic (exact) mass is 246 g/mol. The number of rotatable bonds is 2. The van der Waals surface area contributed by atoms with Gasteiger partial charge in [-0.1, -0.05) is 12.1 Å². The van der Waals surface area contributed by atoms with Crippen LogP contribution in [0.5, 0.6) is 5.75 Å². The molecule has 0 fully saturated rings. The fourth-order valence-corrected chi connectivity index (χ4v) is 1.96. The highest BCUT2D eigenvalue weighted by molar-refractivity contribution is 6.14. The summed E-state index contributed by atoms with van der Waals surface area (Å²) in [5.41, 5.74) is 0.126. The lowest BCUT2D eigenvalue weighted by atomic mass is 9.96. The Labute approximate surface area is 102 Å². The fourth-order valence-electron chi connectivity index (χ4n) is 1.96. The number of phenols is 1. The van der Waals surface area contributed by atoms with Gasteiger partial charge in [0.05, 0.1) is 11.1 Å². The molecule has 2 rings (SSSR count). The van der Waals surface area contributed by atoms with E-state index in [1.165, 1.54) is 24.3 Å². The summed E-state index contributed by atoms with van der Waals surface area (Å²) in [6.07, 6.45) is 0. The lowest BCUT2D eigenvalue weighted by Gasteiger charge is -2.10. The molecule has 0 aliphatic rings. The second-order valence-electron chi connectivity index (χ2n) is 3.93. The quantitative estimate of drug-likeness (QED) is 0.755. The van der Waals surface area contributed by atoms with Gasteiger partial charge in [-0.25, -0.2) is 9.59 Å². The van der Waals surface area contributed by atoms with Crippen molar-refractivity contribution < 1.29 is 24.9 Å². The van der Waals surface area contributed by atoms with Gasteiger partial charge in [0.15, 0.2) is 0 Å². The first-order valence-corrected chi connectivity index (χ1v) is 5.15. The average Bonchev–Trinajstić information content (AvgIpc) is 2.32. The molecule has 5 nitrogen and oxygen atoms in total. The van der Waals surface area contributed by atoms with E-state index in [0.717, 1.165) is 0 Å². The van der Waals surface area contributed by atoms with Crippen molar-refractivity contribution in [2.24, 2.45) is 0 Å². The van der Waals surface area contributed by atoms with E-state index in [2.05, 4.69) is 0 Å². The summed E-state index contributed by atoms with van der Waals surface area (Å²) < 4.78 is 0. The van der Waals surface area contributed by atoms with E-state index in [1.54, 1.807) is 6.92 Å². The van der Waals surface area contributed by atoms with Gasteiger partial charge < -0.3 is 15.3 Å². The van der Waals surface area contributed by atoms with Crippen LogP contribution in [-0.4, -0.2) is 27.3 Å². The van der Waals surface area contributed by atoms with Crippen molar-refractivity contribution in [3.8, 4) is 5.75 Å². The second-order valence-corrected chi connectivity index (χ2v) is 3.93. The van der Waals surface area contributed by atoms with Crippen molar-refractivity contribution in [1.29, 1.82) is 0 Å². The number of carboxylic acid groups (broad SMARTS) is 2. The molecule has 18 heavy (non-hydrogen) atoms. The Balaban J connectivity index is 3.04. The van der Waals surface area contributed by atoms with E-state index in [9.17, 15) is 14.7 Å². The highest BCUT2D eigenvalue weighted by atomic mass is 16.4. The fraction of sp³-hybridized carbons (Fsp3) is 0.0769. The van der Waals surface area contributed by atoms with Gasteiger partial charge in [0, 0.05) is 10.8 Å². The third-order valence-electron chi connectivity index (χ3n) is 2.78. The first kappa shape index (κ1) is 11.9. The maximum Gasteiger partial charge on any atom is 0.336 e. The van der Waals surface area contributed by atoms with E-state index in [4.69, 9.17) is 10.2 Å². The molecule has 2 aromatic rings. The summed E-state index contributed by atoms with van der Waals surface area (Å²) in [5.74, 6) is -2.55. The zero-order valence-corrected chi connectivity index (χ0v) is 9.47. The smallest absolute Gasteiger partial charge is 0.336 e. The van der Waals surface area contributed by atoms with Crippen LogP contribution in [0.1, 0.15) is 26.3 Å². The molecule has 0 spiro atoms. The van der Waals surface area contributed by atoms with Gasteiger partial charge >= 0.3 is 11.9 Å². The van der Waals surface area contributed by atoms with E-state index in [1.807, 2.05) is 0 Å². The summed E-state index contributed by atoms with van der Waals surface area (Å²) in [7, 11) is 0. The molecule has 0 amide bonds. The van der Waals surface area contributed by atoms with Crippen LogP contribution in [0.4, 0.5) is 0 Å². The van der Waals surface area contributed by atoms with Crippen molar-refractivity contribution in [1.82, 2.24) is 0 Å². The van der Waals surface area contributed by atoms with Crippen LogP contribution < -0.4 is 0 Å². The third kappa shape index (κ3) is 1.66. The summed E-state index contributed by atoms with van der Waals surface area (Å²) in [6, 6.07) is 5.55. The number of aromatic carboxylic acids is 2. The maximum atomic E-state index is 11.2. The molecule has 5 heteroatoms. The number of fused-ring (bicyclic) bond motifs is 1. The van der Waals surface area contributed by atoms with Gasteiger partial charge in [-0.3, -0.25) is 0 Å². The Morgan fingerprint density at radius 1 is 1.06 bits per heavy atom. The predicted octanol–water partition coefficient (Wildman–Crippen LogP) is 2.25. The minimum Gasteiger partial charge on any atom is -0.507 e. The molecule has 0 saturated carbocycles. The number of phenolic OH excluding ortho intramolecular Hbond substituents is 1. The Hall–Kier alpha value is -2.56. The number of hydrogen-bond acceptors (Lipinski definition) is 3. The molecule has 3 N–H and O–H groups in total. The first-order valence-electron chi connectivity index (χ1n) is 5.15. The summed E-state index contributed by atoms with van der Waals surface area (Å²) in [4.78, 5) is 22.3. The van der Waals surface area contributed by atoms with Crippen molar-refractivity contribution in [2.75, 3.05) is 0 Å². The minimum atomic E-state index is -1.23. The summed E-state index contributed by atoms with van der Waals surface area (Å²) in [5, 5.41) is 28.4. The number of carboxylic acids is 2. The second kappa shape index (κ2) is 4.03. The van der Waals surface area contributed by atoms with Crippen molar-refractivity contribution in [2.45, 2.75) is 6.92 Å². The molecule has 0 bridgehead atoms. The Morgan fingerprint density at radius 2 is 1.67 bits per heavy atom.